The summed E-state index contributed by atoms with van der Waals surface area (Å²) in [7, 11) is 2.13. The maximum Gasteiger partial charge on any atom is 0.0135 e. The number of hydrogen-bond donors (Lipinski definition) is 1. The molecule has 1 N–H and O–H groups in total. The van der Waals surface area contributed by atoms with Gasteiger partial charge in [-0.1, -0.05) is 83.2 Å². The third-order valence-corrected chi connectivity index (χ3v) is 4.61. The van der Waals surface area contributed by atoms with Crippen LogP contribution in [0.25, 0.3) is 0 Å². The van der Waals surface area contributed by atoms with Crippen molar-refractivity contribution in [3.63, 3.8) is 0 Å². The van der Waals surface area contributed by atoms with Crippen molar-refractivity contribution >= 4 is 0 Å². The van der Waals surface area contributed by atoms with Gasteiger partial charge in [0, 0.05) is 12.0 Å². The highest BCUT2D eigenvalue weighted by Gasteiger charge is 2.25. The molecule has 20 heavy (non-hydrogen) atoms. The van der Waals surface area contributed by atoms with Gasteiger partial charge in [-0.2, -0.15) is 0 Å². The molecule has 0 aliphatic rings. The van der Waals surface area contributed by atoms with Crippen molar-refractivity contribution in [1.29, 1.82) is 0 Å². The predicted octanol–water partition coefficient (Wildman–Crippen LogP) is 5.37. The number of rotatable bonds is 10. The van der Waals surface area contributed by atoms with Crippen LogP contribution in [0.4, 0.5) is 0 Å². The molecule has 0 saturated carbocycles. The van der Waals surface area contributed by atoms with E-state index >= 15 is 0 Å². The minimum atomic E-state index is 0.601. The molecule has 3 atom stereocenters. The third kappa shape index (κ3) is 5.28. The minimum Gasteiger partial charge on any atom is -0.316 e. The summed E-state index contributed by atoms with van der Waals surface area (Å²) in [5, 5.41) is 3.59. The van der Waals surface area contributed by atoms with Crippen LogP contribution in [-0.2, 0) is 0 Å². The molecule has 0 aliphatic heterocycles. The molecule has 0 saturated heterocycles. The first-order valence-corrected chi connectivity index (χ1v) is 8.46. The van der Waals surface area contributed by atoms with Gasteiger partial charge >= 0.3 is 0 Å². The van der Waals surface area contributed by atoms with E-state index in [4.69, 9.17) is 0 Å². The standard InChI is InChI=1S/C19H33N/c1-5-7-8-12-15-18(20-4)19(16(3)6-2)17-13-10-9-11-14-17/h9-11,13-14,16,18-20H,5-8,12,15H2,1-4H3. The summed E-state index contributed by atoms with van der Waals surface area (Å²) in [4.78, 5) is 0. The molecule has 0 bridgehead atoms. The van der Waals surface area contributed by atoms with Gasteiger partial charge in [-0.15, -0.1) is 0 Å². The topological polar surface area (TPSA) is 12.0 Å². The second kappa shape index (κ2) is 9.99. The summed E-state index contributed by atoms with van der Waals surface area (Å²) in [5.41, 5.74) is 1.50. The number of hydrogen-bond acceptors (Lipinski definition) is 1. The molecule has 0 radical (unpaired) electrons. The third-order valence-electron chi connectivity index (χ3n) is 4.61. The van der Waals surface area contributed by atoms with Crippen molar-refractivity contribution in [1.82, 2.24) is 5.32 Å². The monoisotopic (exact) mass is 275 g/mol. The summed E-state index contributed by atoms with van der Waals surface area (Å²) in [6.07, 6.45) is 7.94. The zero-order chi connectivity index (χ0) is 14.8. The van der Waals surface area contributed by atoms with Crippen LogP contribution in [0.1, 0.15) is 70.8 Å². The quantitative estimate of drug-likeness (QED) is 0.566. The van der Waals surface area contributed by atoms with Gasteiger partial charge in [0.2, 0.25) is 0 Å². The zero-order valence-electron chi connectivity index (χ0n) is 13.9. The fourth-order valence-corrected chi connectivity index (χ4v) is 3.18. The first-order valence-electron chi connectivity index (χ1n) is 8.46. The van der Waals surface area contributed by atoms with Crippen LogP contribution in [0.3, 0.4) is 0 Å². The summed E-state index contributed by atoms with van der Waals surface area (Å²) < 4.78 is 0. The molecule has 1 aromatic carbocycles. The van der Waals surface area contributed by atoms with Crippen LogP contribution in [0.15, 0.2) is 30.3 Å². The van der Waals surface area contributed by atoms with Crippen LogP contribution in [-0.4, -0.2) is 13.1 Å². The van der Waals surface area contributed by atoms with Crippen molar-refractivity contribution in [2.24, 2.45) is 5.92 Å². The molecule has 0 aromatic heterocycles. The van der Waals surface area contributed by atoms with E-state index in [9.17, 15) is 0 Å². The van der Waals surface area contributed by atoms with Crippen LogP contribution >= 0.6 is 0 Å². The van der Waals surface area contributed by atoms with Crippen LogP contribution in [0.5, 0.6) is 0 Å². The molecule has 1 nitrogen and oxygen atoms in total. The molecule has 3 unspecified atom stereocenters. The molecule has 0 spiro atoms. The Bertz CT molecular complexity index is 333. The Balaban J connectivity index is 2.74. The van der Waals surface area contributed by atoms with Crippen molar-refractivity contribution in [2.75, 3.05) is 7.05 Å². The summed E-state index contributed by atoms with van der Waals surface area (Å²) in [5.74, 6) is 1.36. The summed E-state index contributed by atoms with van der Waals surface area (Å²) in [6, 6.07) is 11.7. The van der Waals surface area contributed by atoms with Crippen LogP contribution in [0, 0.1) is 5.92 Å². The van der Waals surface area contributed by atoms with E-state index in [1.807, 2.05) is 0 Å². The molecule has 1 rings (SSSR count). The van der Waals surface area contributed by atoms with E-state index < -0.39 is 0 Å². The lowest BCUT2D eigenvalue weighted by Crippen LogP contribution is -2.35. The lowest BCUT2D eigenvalue weighted by atomic mass is 9.78. The molecule has 0 amide bonds. The van der Waals surface area contributed by atoms with E-state index in [1.165, 1.54) is 44.1 Å². The predicted molar refractivity (Wildman–Crippen MR) is 90.2 cm³/mol. The van der Waals surface area contributed by atoms with Gasteiger partial charge in [-0.05, 0) is 24.9 Å². The lowest BCUT2D eigenvalue weighted by molar-refractivity contribution is 0.327. The van der Waals surface area contributed by atoms with Gasteiger partial charge in [0.1, 0.15) is 0 Å². The SMILES string of the molecule is CCCCCCC(NC)C(c1ccccc1)C(C)CC. The largest absolute Gasteiger partial charge is 0.316 e. The Kier molecular flexibility index (Phi) is 8.60. The van der Waals surface area contributed by atoms with Crippen molar-refractivity contribution in [3.8, 4) is 0 Å². The molecule has 0 fully saturated rings. The maximum absolute atomic E-state index is 3.59. The van der Waals surface area contributed by atoms with Gasteiger partial charge in [-0.3, -0.25) is 0 Å². The smallest absolute Gasteiger partial charge is 0.0135 e. The highest BCUT2D eigenvalue weighted by Crippen LogP contribution is 2.32. The molecular formula is C19H33N. The maximum atomic E-state index is 3.59. The average molecular weight is 275 g/mol. The highest BCUT2D eigenvalue weighted by atomic mass is 14.9. The first kappa shape index (κ1) is 17.2. The van der Waals surface area contributed by atoms with Crippen molar-refractivity contribution in [3.05, 3.63) is 35.9 Å². The minimum absolute atomic E-state index is 0.601. The van der Waals surface area contributed by atoms with Gasteiger partial charge in [0.25, 0.3) is 0 Å². The van der Waals surface area contributed by atoms with Crippen molar-refractivity contribution in [2.45, 2.75) is 71.3 Å². The Labute approximate surface area is 126 Å². The van der Waals surface area contributed by atoms with E-state index in [0.717, 1.165) is 5.92 Å². The van der Waals surface area contributed by atoms with E-state index in [0.29, 0.717) is 12.0 Å². The Morgan fingerprint density at radius 2 is 1.70 bits per heavy atom. The second-order valence-electron chi connectivity index (χ2n) is 6.07. The van der Waals surface area contributed by atoms with Gasteiger partial charge in [0.15, 0.2) is 0 Å². The van der Waals surface area contributed by atoms with Gasteiger partial charge < -0.3 is 5.32 Å². The van der Waals surface area contributed by atoms with E-state index in [2.05, 4.69) is 63.5 Å². The number of benzene rings is 1. The molecular weight excluding hydrogens is 242 g/mol. The molecule has 0 heterocycles. The average Bonchev–Trinajstić information content (AvgIpc) is 2.50. The highest BCUT2D eigenvalue weighted by molar-refractivity contribution is 5.22. The lowest BCUT2D eigenvalue weighted by Gasteiger charge is -2.32. The van der Waals surface area contributed by atoms with E-state index in [1.54, 1.807) is 0 Å². The Morgan fingerprint density at radius 3 is 2.25 bits per heavy atom. The second-order valence-corrected chi connectivity index (χ2v) is 6.07. The van der Waals surface area contributed by atoms with Crippen LogP contribution < -0.4 is 5.32 Å². The number of likely N-dealkylation sites (N-methyl/N-ethyl adjacent to an activating group) is 1. The van der Waals surface area contributed by atoms with Crippen molar-refractivity contribution < 1.29 is 0 Å². The van der Waals surface area contributed by atoms with Gasteiger partial charge in [0.05, 0.1) is 0 Å². The summed E-state index contributed by atoms with van der Waals surface area (Å²) in [6.45, 7) is 6.99. The zero-order valence-corrected chi connectivity index (χ0v) is 13.9. The Morgan fingerprint density at radius 1 is 1.00 bits per heavy atom. The fourth-order valence-electron chi connectivity index (χ4n) is 3.18. The summed E-state index contributed by atoms with van der Waals surface area (Å²) >= 11 is 0. The van der Waals surface area contributed by atoms with Gasteiger partial charge in [-0.25, -0.2) is 0 Å². The first-order chi connectivity index (χ1) is 9.74. The number of nitrogens with one attached hydrogen (secondary N) is 1. The molecule has 114 valence electrons. The molecule has 1 heteroatoms. The molecule has 0 aliphatic carbocycles. The van der Waals surface area contributed by atoms with E-state index in [-0.39, 0.29) is 0 Å². The fraction of sp³-hybridized carbons (Fsp3) is 0.684. The molecule has 1 aromatic rings. The normalized spacial score (nSPS) is 15.8. The number of unbranched alkanes of at least 4 members (excludes halogenated alkanes) is 3. The van der Waals surface area contributed by atoms with Crippen LogP contribution in [0.2, 0.25) is 0 Å². The Hall–Kier alpha value is -0.820.